The predicted octanol–water partition coefficient (Wildman–Crippen LogP) is 1.36. The molecule has 0 spiro atoms. The second-order valence-electron chi connectivity index (χ2n) is 3.67. The van der Waals surface area contributed by atoms with Crippen LogP contribution in [0.1, 0.15) is 18.2 Å². The molecule has 6 nitrogen and oxygen atoms in total. The summed E-state index contributed by atoms with van der Waals surface area (Å²) in [6.07, 6.45) is 0.0128. The summed E-state index contributed by atoms with van der Waals surface area (Å²) in [5, 5.41) is 16.6. The summed E-state index contributed by atoms with van der Waals surface area (Å²) in [4.78, 5) is 21.4. The molecule has 0 aliphatic carbocycles. The van der Waals surface area contributed by atoms with E-state index in [2.05, 4.69) is 10.6 Å². The van der Waals surface area contributed by atoms with Crippen molar-refractivity contribution in [3.8, 4) is 0 Å². The van der Waals surface area contributed by atoms with E-state index >= 15 is 0 Å². The average Bonchev–Trinajstić information content (AvgIpc) is 2.29. The van der Waals surface area contributed by atoms with Crippen LogP contribution < -0.4 is 10.6 Å². The molecule has 1 fully saturated rings. The zero-order chi connectivity index (χ0) is 12.4. The summed E-state index contributed by atoms with van der Waals surface area (Å²) >= 11 is 5.71. The Labute approximate surface area is 102 Å². The lowest BCUT2D eigenvalue weighted by molar-refractivity contribution is -0.384. The van der Waals surface area contributed by atoms with Gasteiger partial charge in [0.1, 0.15) is 11.2 Å². The standard InChI is InChI=1S/C10H10ClN3O3/c11-7-2-1-6(5-8(7)14(16)17)10-12-4-3-9(15)13-10/h1-2,5,10,12H,3-4H2,(H,13,15)/t10-/m0/s1. The van der Waals surface area contributed by atoms with Gasteiger partial charge in [-0.25, -0.2) is 0 Å². The van der Waals surface area contributed by atoms with Crippen molar-refractivity contribution in [1.82, 2.24) is 10.6 Å². The van der Waals surface area contributed by atoms with Crippen LogP contribution in [0.15, 0.2) is 18.2 Å². The smallest absolute Gasteiger partial charge is 0.288 e. The topological polar surface area (TPSA) is 84.3 Å². The largest absolute Gasteiger partial charge is 0.337 e. The van der Waals surface area contributed by atoms with Gasteiger partial charge in [-0.3, -0.25) is 20.2 Å². The number of halogens is 1. The number of hydrogen-bond donors (Lipinski definition) is 2. The third-order valence-electron chi connectivity index (χ3n) is 2.51. The summed E-state index contributed by atoms with van der Waals surface area (Å²) in [6, 6.07) is 4.47. The Hall–Kier alpha value is -1.66. The molecule has 7 heteroatoms. The van der Waals surface area contributed by atoms with Crippen LogP contribution in [0.4, 0.5) is 5.69 Å². The van der Waals surface area contributed by atoms with Gasteiger partial charge in [0.05, 0.1) is 4.92 Å². The number of benzene rings is 1. The first-order valence-electron chi connectivity index (χ1n) is 5.04. The van der Waals surface area contributed by atoms with Gasteiger partial charge in [-0.15, -0.1) is 0 Å². The molecule has 1 aliphatic heterocycles. The van der Waals surface area contributed by atoms with Crippen LogP contribution >= 0.6 is 11.6 Å². The number of nitrogens with one attached hydrogen (secondary N) is 2. The minimum atomic E-state index is -0.545. The summed E-state index contributed by atoms with van der Waals surface area (Å²) < 4.78 is 0. The fraction of sp³-hybridized carbons (Fsp3) is 0.300. The molecule has 0 aromatic heterocycles. The lowest BCUT2D eigenvalue weighted by Crippen LogP contribution is -2.44. The molecular weight excluding hydrogens is 246 g/mol. The van der Waals surface area contributed by atoms with Crippen LogP contribution in [0.5, 0.6) is 0 Å². The third-order valence-corrected chi connectivity index (χ3v) is 2.83. The molecule has 1 aliphatic rings. The van der Waals surface area contributed by atoms with E-state index in [9.17, 15) is 14.9 Å². The molecule has 1 heterocycles. The predicted molar refractivity (Wildman–Crippen MR) is 61.6 cm³/mol. The molecule has 1 amide bonds. The van der Waals surface area contributed by atoms with Crippen molar-refractivity contribution >= 4 is 23.2 Å². The van der Waals surface area contributed by atoms with E-state index in [0.717, 1.165) is 0 Å². The maximum Gasteiger partial charge on any atom is 0.288 e. The zero-order valence-electron chi connectivity index (χ0n) is 8.77. The maximum atomic E-state index is 11.2. The van der Waals surface area contributed by atoms with Crippen molar-refractivity contribution in [1.29, 1.82) is 0 Å². The number of nitro benzene ring substituents is 1. The van der Waals surface area contributed by atoms with E-state index < -0.39 is 11.1 Å². The molecule has 1 aromatic carbocycles. The van der Waals surface area contributed by atoms with E-state index in [1.807, 2.05) is 0 Å². The van der Waals surface area contributed by atoms with Crippen molar-refractivity contribution < 1.29 is 9.72 Å². The first-order valence-corrected chi connectivity index (χ1v) is 5.42. The van der Waals surface area contributed by atoms with E-state index in [1.165, 1.54) is 12.1 Å². The highest BCUT2D eigenvalue weighted by Crippen LogP contribution is 2.27. The summed E-state index contributed by atoms with van der Waals surface area (Å²) in [5.41, 5.74) is 0.458. The summed E-state index contributed by atoms with van der Waals surface area (Å²) in [5.74, 6) is -0.0775. The molecule has 17 heavy (non-hydrogen) atoms. The number of carbonyl (C=O) groups is 1. The van der Waals surface area contributed by atoms with Gasteiger partial charge in [0.25, 0.3) is 5.69 Å². The van der Waals surface area contributed by atoms with Gasteiger partial charge >= 0.3 is 0 Å². The Balaban J connectivity index is 2.29. The lowest BCUT2D eigenvalue weighted by atomic mass is 10.1. The summed E-state index contributed by atoms with van der Waals surface area (Å²) in [6.45, 7) is 0.549. The van der Waals surface area contributed by atoms with E-state index in [-0.39, 0.29) is 16.6 Å². The van der Waals surface area contributed by atoms with Gasteiger partial charge in [0.2, 0.25) is 5.91 Å². The zero-order valence-corrected chi connectivity index (χ0v) is 9.53. The molecule has 0 unspecified atom stereocenters. The molecule has 90 valence electrons. The van der Waals surface area contributed by atoms with E-state index in [4.69, 9.17) is 11.6 Å². The monoisotopic (exact) mass is 255 g/mol. The van der Waals surface area contributed by atoms with Crippen molar-refractivity contribution in [2.75, 3.05) is 6.54 Å². The Morgan fingerprint density at radius 2 is 2.24 bits per heavy atom. The van der Waals surface area contributed by atoms with Crippen molar-refractivity contribution in [3.63, 3.8) is 0 Å². The molecule has 0 saturated carbocycles. The second-order valence-corrected chi connectivity index (χ2v) is 4.08. The van der Waals surface area contributed by atoms with Gasteiger partial charge in [0, 0.05) is 19.0 Å². The fourth-order valence-corrected chi connectivity index (χ4v) is 1.85. The molecule has 2 N–H and O–H groups in total. The first-order chi connectivity index (χ1) is 8.08. The Morgan fingerprint density at radius 3 is 2.88 bits per heavy atom. The highest BCUT2D eigenvalue weighted by molar-refractivity contribution is 6.32. The van der Waals surface area contributed by atoms with E-state index in [1.54, 1.807) is 6.07 Å². The van der Waals surface area contributed by atoms with Crippen molar-refractivity contribution in [2.24, 2.45) is 0 Å². The molecule has 0 bridgehead atoms. The van der Waals surface area contributed by atoms with Crippen LogP contribution in [0, 0.1) is 10.1 Å². The van der Waals surface area contributed by atoms with Crippen LogP contribution in [0.2, 0.25) is 5.02 Å². The van der Waals surface area contributed by atoms with Crippen LogP contribution in [0.25, 0.3) is 0 Å². The number of carbonyl (C=O) groups excluding carboxylic acids is 1. The summed E-state index contributed by atoms with van der Waals surface area (Å²) in [7, 11) is 0. The fourth-order valence-electron chi connectivity index (χ4n) is 1.66. The number of nitro groups is 1. The number of amides is 1. The van der Waals surface area contributed by atoms with Gasteiger partial charge in [-0.05, 0) is 11.6 Å². The minimum Gasteiger partial charge on any atom is -0.337 e. The Bertz CT molecular complexity index is 478. The molecular formula is C10H10ClN3O3. The third kappa shape index (κ3) is 2.54. The van der Waals surface area contributed by atoms with Crippen molar-refractivity contribution in [2.45, 2.75) is 12.6 Å². The highest BCUT2D eigenvalue weighted by atomic mass is 35.5. The van der Waals surface area contributed by atoms with Crippen LogP contribution in [-0.4, -0.2) is 17.4 Å². The Morgan fingerprint density at radius 1 is 1.47 bits per heavy atom. The van der Waals surface area contributed by atoms with Gasteiger partial charge in [0.15, 0.2) is 0 Å². The maximum absolute atomic E-state index is 11.2. The van der Waals surface area contributed by atoms with Crippen LogP contribution in [0.3, 0.4) is 0 Å². The van der Waals surface area contributed by atoms with Crippen molar-refractivity contribution in [3.05, 3.63) is 38.9 Å². The second kappa shape index (κ2) is 4.68. The highest BCUT2D eigenvalue weighted by Gasteiger charge is 2.22. The number of rotatable bonds is 2. The number of hydrogen-bond acceptors (Lipinski definition) is 4. The van der Waals surface area contributed by atoms with Gasteiger partial charge < -0.3 is 5.32 Å². The molecule has 0 radical (unpaired) electrons. The van der Waals surface area contributed by atoms with Crippen LogP contribution in [-0.2, 0) is 4.79 Å². The van der Waals surface area contributed by atoms with Gasteiger partial charge in [-0.1, -0.05) is 17.7 Å². The van der Waals surface area contributed by atoms with Gasteiger partial charge in [-0.2, -0.15) is 0 Å². The average molecular weight is 256 g/mol. The molecule has 1 atom stereocenters. The molecule has 1 saturated heterocycles. The Kier molecular flexibility index (Phi) is 3.26. The lowest BCUT2D eigenvalue weighted by Gasteiger charge is -2.25. The molecule has 2 rings (SSSR count). The minimum absolute atomic E-state index is 0.0775. The SMILES string of the molecule is O=C1CCN[C@H](c2ccc(Cl)c([N+](=O)[O-])c2)N1. The van der Waals surface area contributed by atoms with E-state index in [0.29, 0.717) is 18.5 Å². The molecule has 1 aromatic rings. The normalized spacial score (nSPS) is 19.8. The first kappa shape index (κ1) is 11.8. The number of nitrogens with zero attached hydrogens (tertiary/aromatic N) is 1. The quantitative estimate of drug-likeness (QED) is 0.617.